The molecule has 0 atom stereocenters. The number of aromatic nitrogens is 3. The third-order valence-electron chi connectivity index (χ3n) is 2.38. The molecule has 0 aliphatic rings. The van der Waals surface area contributed by atoms with Gasteiger partial charge in [-0.1, -0.05) is 25.4 Å². The Labute approximate surface area is 104 Å². The van der Waals surface area contributed by atoms with Crippen molar-refractivity contribution in [3.63, 3.8) is 0 Å². The summed E-state index contributed by atoms with van der Waals surface area (Å²) in [6.45, 7) is 4.21. The van der Waals surface area contributed by atoms with E-state index in [9.17, 15) is 4.79 Å². The van der Waals surface area contributed by atoms with Crippen LogP contribution < -0.4 is 5.56 Å². The molecule has 0 saturated heterocycles. The maximum absolute atomic E-state index is 11.8. The van der Waals surface area contributed by atoms with Crippen molar-refractivity contribution < 1.29 is 0 Å². The van der Waals surface area contributed by atoms with Gasteiger partial charge in [-0.15, -0.1) is 0 Å². The lowest BCUT2D eigenvalue weighted by molar-refractivity contribution is 0.627. The van der Waals surface area contributed by atoms with E-state index in [1.165, 1.54) is 4.68 Å². The Hall–Kier alpha value is -1.55. The number of hydrogen-bond acceptors (Lipinski definition) is 2. The van der Waals surface area contributed by atoms with Crippen LogP contribution in [0.3, 0.4) is 0 Å². The number of rotatable bonds is 3. The largest absolute Gasteiger partial charge is 0.295 e. The van der Waals surface area contributed by atoms with Crippen LogP contribution in [0.2, 0.25) is 5.15 Å². The molecule has 0 saturated carbocycles. The molecule has 0 unspecified atom stereocenters. The third-order valence-corrected chi connectivity index (χ3v) is 2.67. The van der Waals surface area contributed by atoms with E-state index in [0.717, 1.165) is 12.1 Å². The summed E-state index contributed by atoms with van der Waals surface area (Å²) in [5, 5.41) is 3.36. The minimum Gasteiger partial charge on any atom is -0.295 e. The predicted molar refractivity (Wildman–Crippen MR) is 67.7 cm³/mol. The summed E-state index contributed by atoms with van der Waals surface area (Å²) in [6.07, 6.45) is 2.43. The van der Waals surface area contributed by atoms with Crippen LogP contribution in [-0.2, 0) is 6.42 Å². The Kier molecular flexibility index (Phi) is 3.33. The summed E-state index contributed by atoms with van der Waals surface area (Å²) < 4.78 is 1.42. The first-order chi connectivity index (χ1) is 8.08. The molecule has 0 fully saturated rings. The fraction of sp³-hybridized carbons (Fsp3) is 0.333. The number of H-pyrrole nitrogens is 1. The Morgan fingerprint density at radius 2 is 2.29 bits per heavy atom. The zero-order chi connectivity index (χ0) is 12.4. The lowest BCUT2D eigenvalue weighted by Gasteiger charge is -2.04. The van der Waals surface area contributed by atoms with Gasteiger partial charge < -0.3 is 0 Å². The van der Waals surface area contributed by atoms with E-state index in [1.807, 2.05) is 0 Å². The van der Waals surface area contributed by atoms with Crippen LogP contribution in [0.5, 0.6) is 0 Å². The van der Waals surface area contributed by atoms with E-state index < -0.39 is 0 Å². The van der Waals surface area contributed by atoms with Crippen molar-refractivity contribution >= 4 is 11.6 Å². The first-order valence-corrected chi connectivity index (χ1v) is 5.87. The zero-order valence-corrected chi connectivity index (χ0v) is 10.5. The van der Waals surface area contributed by atoms with Crippen molar-refractivity contribution in [3.05, 3.63) is 45.6 Å². The topological polar surface area (TPSA) is 50.7 Å². The van der Waals surface area contributed by atoms with Crippen LogP contribution in [0.1, 0.15) is 19.5 Å². The second-order valence-electron chi connectivity index (χ2n) is 4.37. The molecule has 2 aromatic heterocycles. The molecule has 1 N–H and O–H groups in total. The van der Waals surface area contributed by atoms with Gasteiger partial charge in [-0.3, -0.25) is 9.89 Å². The van der Waals surface area contributed by atoms with Gasteiger partial charge in [-0.05, 0) is 24.5 Å². The first kappa shape index (κ1) is 11.9. The fourth-order valence-electron chi connectivity index (χ4n) is 1.71. The molecule has 2 heterocycles. The van der Waals surface area contributed by atoms with Crippen molar-refractivity contribution in [1.82, 2.24) is 14.8 Å². The van der Waals surface area contributed by atoms with Gasteiger partial charge in [0.25, 0.3) is 5.56 Å². The predicted octanol–water partition coefficient (Wildman–Crippen LogP) is 2.41. The maximum atomic E-state index is 11.8. The Morgan fingerprint density at radius 3 is 2.94 bits per heavy atom. The van der Waals surface area contributed by atoms with Gasteiger partial charge in [0, 0.05) is 18.0 Å². The van der Waals surface area contributed by atoms with Crippen molar-refractivity contribution in [2.24, 2.45) is 5.92 Å². The molecule has 2 rings (SSSR count). The molecule has 0 aliphatic heterocycles. The van der Waals surface area contributed by atoms with E-state index in [1.54, 1.807) is 24.4 Å². The van der Waals surface area contributed by atoms with Gasteiger partial charge >= 0.3 is 0 Å². The molecule has 17 heavy (non-hydrogen) atoms. The van der Waals surface area contributed by atoms with Crippen LogP contribution in [0.25, 0.3) is 5.69 Å². The average Bonchev–Trinajstić information content (AvgIpc) is 2.59. The van der Waals surface area contributed by atoms with Gasteiger partial charge in [-0.25, -0.2) is 9.67 Å². The Bertz CT molecular complexity index is 571. The molecule has 90 valence electrons. The summed E-state index contributed by atoms with van der Waals surface area (Å²) in [5.41, 5.74) is 1.37. The number of pyridine rings is 1. The van der Waals surface area contributed by atoms with Crippen LogP contribution in [-0.4, -0.2) is 14.8 Å². The van der Waals surface area contributed by atoms with Crippen LogP contribution in [0.15, 0.2) is 29.2 Å². The highest BCUT2D eigenvalue weighted by Gasteiger charge is 2.09. The lowest BCUT2D eigenvalue weighted by Crippen LogP contribution is -2.14. The molecular formula is C12H14ClN3O. The van der Waals surface area contributed by atoms with E-state index >= 15 is 0 Å². The standard InChI is InChI=1S/C12H14ClN3O/c1-8(2)6-9-7-11(17)16(15-9)10-4-3-5-14-12(10)13/h3-5,7-8,15H,6H2,1-2H3. The molecule has 0 amide bonds. The van der Waals surface area contributed by atoms with Crippen LogP contribution in [0.4, 0.5) is 0 Å². The van der Waals surface area contributed by atoms with Gasteiger partial charge in [0.05, 0.1) is 0 Å². The summed E-state index contributed by atoms with van der Waals surface area (Å²) in [6, 6.07) is 5.10. The number of nitrogens with one attached hydrogen (secondary N) is 1. The highest BCUT2D eigenvalue weighted by molar-refractivity contribution is 6.31. The van der Waals surface area contributed by atoms with Crippen molar-refractivity contribution in [3.8, 4) is 5.69 Å². The molecule has 0 bridgehead atoms. The summed E-state index contributed by atoms with van der Waals surface area (Å²) in [4.78, 5) is 15.8. The van der Waals surface area contributed by atoms with E-state index in [4.69, 9.17) is 11.6 Å². The number of aromatic amines is 1. The number of nitrogens with zero attached hydrogens (tertiary/aromatic N) is 2. The minimum atomic E-state index is -0.115. The summed E-state index contributed by atoms with van der Waals surface area (Å²) in [7, 11) is 0. The third kappa shape index (κ3) is 2.58. The quantitative estimate of drug-likeness (QED) is 0.852. The monoisotopic (exact) mass is 251 g/mol. The van der Waals surface area contributed by atoms with Crippen LogP contribution in [0, 0.1) is 5.92 Å². The first-order valence-electron chi connectivity index (χ1n) is 5.49. The minimum absolute atomic E-state index is 0.115. The lowest BCUT2D eigenvalue weighted by atomic mass is 10.1. The molecule has 0 radical (unpaired) electrons. The van der Waals surface area contributed by atoms with Crippen molar-refractivity contribution in [2.75, 3.05) is 0 Å². The highest BCUT2D eigenvalue weighted by Crippen LogP contribution is 2.15. The van der Waals surface area contributed by atoms with Gasteiger partial charge in [-0.2, -0.15) is 0 Å². The van der Waals surface area contributed by atoms with Crippen molar-refractivity contribution in [1.29, 1.82) is 0 Å². The second-order valence-corrected chi connectivity index (χ2v) is 4.72. The van der Waals surface area contributed by atoms with Crippen molar-refractivity contribution in [2.45, 2.75) is 20.3 Å². The van der Waals surface area contributed by atoms with Gasteiger partial charge in [0.15, 0.2) is 5.15 Å². The molecule has 0 aliphatic carbocycles. The molecule has 0 spiro atoms. The average molecular weight is 252 g/mol. The fourth-order valence-corrected chi connectivity index (χ4v) is 1.92. The van der Waals surface area contributed by atoms with Crippen LogP contribution >= 0.6 is 11.6 Å². The van der Waals surface area contributed by atoms with Gasteiger partial charge in [0.1, 0.15) is 5.69 Å². The second kappa shape index (κ2) is 4.75. The Morgan fingerprint density at radius 1 is 1.53 bits per heavy atom. The van der Waals surface area contributed by atoms with E-state index in [0.29, 0.717) is 16.8 Å². The smallest absolute Gasteiger partial charge is 0.271 e. The maximum Gasteiger partial charge on any atom is 0.271 e. The number of halogens is 1. The highest BCUT2D eigenvalue weighted by atomic mass is 35.5. The van der Waals surface area contributed by atoms with E-state index in [2.05, 4.69) is 23.9 Å². The number of hydrogen-bond donors (Lipinski definition) is 1. The molecule has 0 aromatic carbocycles. The Balaban J connectivity index is 2.43. The van der Waals surface area contributed by atoms with E-state index in [-0.39, 0.29) is 5.56 Å². The molecular weight excluding hydrogens is 238 g/mol. The molecule has 4 nitrogen and oxygen atoms in total. The van der Waals surface area contributed by atoms with Gasteiger partial charge in [0.2, 0.25) is 0 Å². The molecule has 2 aromatic rings. The molecule has 5 heteroatoms. The summed E-state index contributed by atoms with van der Waals surface area (Å²) in [5.74, 6) is 0.492. The zero-order valence-electron chi connectivity index (χ0n) is 9.77. The SMILES string of the molecule is CC(C)Cc1cc(=O)n(-c2cccnc2Cl)[nH]1. The normalized spacial score (nSPS) is 11.1. The summed E-state index contributed by atoms with van der Waals surface area (Å²) >= 11 is 5.95.